The molecule has 1 fully saturated rings. The van der Waals surface area contributed by atoms with Gasteiger partial charge in [-0.2, -0.15) is 0 Å². The molecule has 168 valence electrons. The van der Waals surface area contributed by atoms with E-state index in [1.165, 1.54) is 36.3 Å². The Morgan fingerprint density at radius 1 is 1.12 bits per heavy atom. The summed E-state index contributed by atoms with van der Waals surface area (Å²) in [5.74, 6) is -1.75. The topological polar surface area (TPSA) is 139 Å². The lowest BCUT2D eigenvalue weighted by Gasteiger charge is -2.26. The summed E-state index contributed by atoms with van der Waals surface area (Å²) in [5, 5.41) is 30.8. The van der Waals surface area contributed by atoms with Gasteiger partial charge in [0, 0.05) is 29.8 Å². The summed E-state index contributed by atoms with van der Waals surface area (Å²) in [6.45, 7) is -0.0118. The molecule has 0 spiro atoms. The first kappa shape index (κ1) is 22.9. The van der Waals surface area contributed by atoms with Crippen molar-refractivity contribution in [2.45, 2.75) is 6.04 Å². The second kappa shape index (κ2) is 10.0. The molecule has 10 nitrogen and oxygen atoms in total. The van der Waals surface area contributed by atoms with Gasteiger partial charge in [0.15, 0.2) is 0 Å². The van der Waals surface area contributed by atoms with E-state index in [4.69, 9.17) is 14.6 Å². The van der Waals surface area contributed by atoms with E-state index in [1.54, 1.807) is 24.3 Å². The van der Waals surface area contributed by atoms with Crippen LogP contribution in [0.2, 0.25) is 0 Å². The number of nitrogens with zero attached hydrogens (tertiary/aromatic N) is 2. The monoisotopic (exact) mass is 442 g/mol. The van der Waals surface area contributed by atoms with Crippen LogP contribution >= 0.6 is 0 Å². The molecule has 2 aromatic rings. The Balaban J connectivity index is 2.10. The molecular formula is C22H22N2O8. The molecule has 1 aliphatic heterocycles. The Morgan fingerprint density at radius 2 is 1.81 bits per heavy atom. The molecule has 1 atom stereocenters. The first-order valence-corrected chi connectivity index (χ1v) is 9.75. The quantitative estimate of drug-likeness (QED) is 0.150. The van der Waals surface area contributed by atoms with E-state index in [0.717, 1.165) is 0 Å². The Kier molecular flexibility index (Phi) is 7.18. The Bertz CT molecular complexity index is 1050. The number of nitro benzene ring substituents is 1. The number of ether oxygens (including phenoxy) is 2. The number of amides is 1. The maximum atomic E-state index is 12.9. The van der Waals surface area contributed by atoms with Gasteiger partial charge in [-0.25, -0.2) is 0 Å². The van der Waals surface area contributed by atoms with E-state index < -0.39 is 28.4 Å². The highest BCUT2D eigenvalue weighted by Crippen LogP contribution is 2.42. The van der Waals surface area contributed by atoms with Gasteiger partial charge in [0.2, 0.25) is 0 Å². The number of methoxy groups -OCH3 is 1. The summed E-state index contributed by atoms with van der Waals surface area (Å²) in [4.78, 5) is 37.4. The standard InChI is InChI=1S/C22H22N2O8/c1-31-17-5-3-2-4-16(17)19-18(20(26)14-6-8-15(9-7-14)24(29)30)21(27)22(28)23(19)10-12-32-13-11-25/h2-9,19,25-26H,10-13H2,1H3/t19-/m1/s1. The summed E-state index contributed by atoms with van der Waals surface area (Å²) in [5.41, 5.74) is 0.310. The molecule has 3 rings (SSSR count). The van der Waals surface area contributed by atoms with Crippen LogP contribution in [0.25, 0.3) is 5.76 Å². The van der Waals surface area contributed by atoms with Crippen molar-refractivity contribution in [1.82, 2.24) is 4.90 Å². The van der Waals surface area contributed by atoms with Crippen molar-refractivity contribution < 1.29 is 34.2 Å². The third kappa shape index (κ3) is 4.46. The van der Waals surface area contributed by atoms with Crippen molar-refractivity contribution in [2.24, 2.45) is 0 Å². The van der Waals surface area contributed by atoms with Crippen molar-refractivity contribution in [1.29, 1.82) is 0 Å². The molecule has 0 aliphatic carbocycles. The summed E-state index contributed by atoms with van der Waals surface area (Å²) in [7, 11) is 1.45. The molecule has 1 saturated heterocycles. The highest BCUT2D eigenvalue weighted by Gasteiger charge is 2.46. The van der Waals surface area contributed by atoms with E-state index in [9.17, 15) is 24.8 Å². The van der Waals surface area contributed by atoms with Crippen molar-refractivity contribution in [3.8, 4) is 5.75 Å². The molecule has 0 radical (unpaired) electrons. The molecule has 1 heterocycles. The maximum absolute atomic E-state index is 12.9. The summed E-state index contributed by atoms with van der Waals surface area (Å²) < 4.78 is 10.7. The molecular weight excluding hydrogens is 420 g/mol. The number of carbonyl (C=O) groups excluding carboxylic acids is 2. The average Bonchev–Trinajstić information content (AvgIpc) is 3.06. The summed E-state index contributed by atoms with van der Waals surface area (Å²) in [6.07, 6.45) is 0. The minimum atomic E-state index is -0.959. The predicted octanol–water partition coefficient (Wildman–Crippen LogP) is 2.03. The lowest BCUT2D eigenvalue weighted by molar-refractivity contribution is -0.384. The molecule has 0 saturated carbocycles. The number of para-hydroxylation sites is 1. The van der Waals surface area contributed by atoms with Gasteiger partial charge < -0.3 is 24.6 Å². The SMILES string of the molecule is COc1ccccc1[C@@H]1C(=C(O)c2ccc([N+](=O)[O-])cc2)C(=O)C(=O)N1CCOCCO. The van der Waals surface area contributed by atoms with Gasteiger partial charge in [-0.05, 0) is 18.2 Å². The van der Waals surface area contributed by atoms with Gasteiger partial charge >= 0.3 is 0 Å². The van der Waals surface area contributed by atoms with Crippen LogP contribution in [0.1, 0.15) is 17.2 Å². The van der Waals surface area contributed by atoms with Crippen LogP contribution in [0.4, 0.5) is 5.69 Å². The summed E-state index contributed by atoms with van der Waals surface area (Å²) in [6, 6.07) is 10.9. The number of nitro groups is 1. The number of aliphatic hydroxyl groups excluding tert-OH is 2. The zero-order valence-corrected chi connectivity index (χ0v) is 17.3. The van der Waals surface area contributed by atoms with Gasteiger partial charge in [-0.1, -0.05) is 18.2 Å². The van der Waals surface area contributed by atoms with Crippen molar-refractivity contribution in [3.63, 3.8) is 0 Å². The molecule has 1 amide bonds. The average molecular weight is 442 g/mol. The fourth-order valence-electron chi connectivity index (χ4n) is 3.55. The Hall–Kier alpha value is -3.76. The fourth-order valence-corrected chi connectivity index (χ4v) is 3.55. The molecule has 0 aromatic heterocycles. The number of rotatable bonds is 9. The predicted molar refractivity (Wildman–Crippen MR) is 113 cm³/mol. The minimum Gasteiger partial charge on any atom is -0.507 e. The van der Waals surface area contributed by atoms with Gasteiger partial charge in [0.05, 0.1) is 43.5 Å². The number of aliphatic hydroxyl groups is 2. The Labute approximate surface area is 183 Å². The molecule has 32 heavy (non-hydrogen) atoms. The van der Waals surface area contributed by atoms with Crippen LogP contribution < -0.4 is 4.74 Å². The van der Waals surface area contributed by atoms with Crippen LogP contribution in [-0.4, -0.2) is 65.2 Å². The largest absolute Gasteiger partial charge is 0.507 e. The highest BCUT2D eigenvalue weighted by atomic mass is 16.6. The van der Waals surface area contributed by atoms with Gasteiger partial charge in [-0.3, -0.25) is 19.7 Å². The molecule has 0 unspecified atom stereocenters. The zero-order valence-electron chi connectivity index (χ0n) is 17.3. The van der Waals surface area contributed by atoms with E-state index >= 15 is 0 Å². The number of non-ortho nitro benzene ring substituents is 1. The van der Waals surface area contributed by atoms with Crippen LogP contribution in [0.5, 0.6) is 5.75 Å². The van der Waals surface area contributed by atoms with Crippen LogP contribution in [0, 0.1) is 10.1 Å². The number of likely N-dealkylation sites (tertiary alicyclic amines) is 1. The number of hydrogen-bond acceptors (Lipinski definition) is 8. The third-order valence-electron chi connectivity index (χ3n) is 5.04. The van der Waals surface area contributed by atoms with E-state index in [1.807, 2.05) is 0 Å². The van der Waals surface area contributed by atoms with Gasteiger partial charge in [-0.15, -0.1) is 0 Å². The first-order valence-electron chi connectivity index (χ1n) is 9.75. The van der Waals surface area contributed by atoms with Crippen LogP contribution in [-0.2, 0) is 14.3 Å². The van der Waals surface area contributed by atoms with Crippen molar-refractivity contribution >= 4 is 23.1 Å². The van der Waals surface area contributed by atoms with Gasteiger partial charge in [0.1, 0.15) is 11.5 Å². The van der Waals surface area contributed by atoms with Gasteiger partial charge in [0.25, 0.3) is 17.4 Å². The molecule has 0 bridgehead atoms. The number of carbonyl (C=O) groups is 2. The zero-order chi connectivity index (χ0) is 23.3. The Morgan fingerprint density at radius 3 is 2.44 bits per heavy atom. The van der Waals surface area contributed by atoms with Crippen molar-refractivity contribution in [3.05, 3.63) is 75.3 Å². The molecule has 10 heteroatoms. The lowest BCUT2D eigenvalue weighted by atomic mass is 9.94. The maximum Gasteiger partial charge on any atom is 0.295 e. The second-order valence-electron chi connectivity index (χ2n) is 6.87. The molecule has 1 aliphatic rings. The van der Waals surface area contributed by atoms with Crippen molar-refractivity contribution in [2.75, 3.05) is 33.5 Å². The van der Waals surface area contributed by atoms with E-state index in [-0.39, 0.29) is 43.2 Å². The lowest BCUT2D eigenvalue weighted by Crippen LogP contribution is -2.33. The van der Waals surface area contributed by atoms with Crippen LogP contribution in [0.3, 0.4) is 0 Å². The number of Topliss-reactive ketones (excluding diaryl/α,β-unsaturated/α-hetero) is 1. The van der Waals surface area contributed by atoms with E-state index in [2.05, 4.69) is 0 Å². The second-order valence-corrected chi connectivity index (χ2v) is 6.87. The minimum absolute atomic E-state index is 0.0321. The van der Waals surface area contributed by atoms with E-state index in [0.29, 0.717) is 11.3 Å². The van der Waals surface area contributed by atoms with Crippen LogP contribution in [0.15, 0.2) is 54.1 Å². The number of benzene rings is 2. The normalized spacial score (nSPS) is 17.6. The molecule has 2 N–H and O–H groups in total. The smallest absolute Gasteiger partial charge is 0.295 e. The highest BCUT2D eigenvalue weighted by molar-refractivity contribution is 6.46. The first-order chi connectivity index (χ1) is 15.4. The fraction of sp³-hybridized carbons (Fsp3) is 0.273. The molecule has 2 aromatic carbocycles. The summed E-state index contributed by atoms with van der Waals surface area (Å²) >= 11 is 0. The number of hydrogen-bond donors (Lipinski definition) is 2. The number of ketones is 1. The third-order valence-corrected chi connectivity index (χ3v) is 5.04.